The summed E-state index contributed by atoms with van der Waals surface area (Å²) < 4.78 is 8.06. The number of furan rings is 1. The first-order valence-corrected chi connectivity index (χ1v) is 9.26. The molecule has 0 saturated heterocycles. The zero-order valence-corrected chi connectivity index (χ0v) is 15.3. The van der Waals surface area contributed by atoms with Gasteiger partial charge in [-0.1, -0.05) is 31.5 Å². The average Bonchev–Trinajstić information content (AvgIpc) is 3.34. The molecule has 0 atom stereocenters. The van der Waals surface area contributed by atoms with Crippen molar-refractivity contribution in [2.45, 2.75) is 26.3 Å². The number of unbranched alkanes of at least 4 members (excludes halogenated alkanes) is 1. The molecule has 4 heteroatoms. The fourth-order valence-corrected chi connectivity index (χ4v) is 3.40. The molecule has 0 fully saturated rings. The average molecular weight is 358 g/mol. The minimum absolute atomic E-state index is 0.259. The number of hydrogen-bond acceptors (Lipinski definition) is 3. The van der Waals surface area contributed by atoms with Gasteiger partial charge in [0.05, 0.1) is 17.7 Å². The number of aromatic nitrogens is 2. The van der Waals surface area contributed by atoms with E-state index in [4.69, 9.17) is 4.42 Å². The maximum Gasteiger partial charge on any atom is 0.150 e. The van der Waals surface area contributed by atoms with Gasteiger partial charge in [-0.2, -0.15) is 0 Å². The Morgan fingerprint density at radius 2 is 1.96 bits per heavy atom. The maximum atomic E-state index is 9.98. The van der Waals surface area contributed by atoms with Gasteiger partial charge in [-0.25, -0.2) is 0 Å². The molecule has 0 aliphatic rings. The lowest BCUT2D eigenvalue weighted by atomic mass is 10.1. The third-order valence-electron chi connectivity index (χ3n) is 4.67. The molecule has 4 nitrogen and oxygen atoms in total. The van der Waals surface area contributed by atoms with E-state index in [1.165, 1.54) is 0 Å². The number of pyridine rings is 1. The standard InChI is InChI=1S/C23H22N2O2/c1-2-3-13-25-21(17-8-6-9-18(26)15-17)16-19(20-10-4-5-12-24-20)23(25)22-11-7-14-27-22/h4-12,14-16,26H,2-3,13H2,1H3. The Bertz CT molecular complexity index is 1020. The van der Waals surface area contributed by atoms with Crippen LogP contribution in [0.15, 0.2) is 77.5 Å². The third-order valence-corrected chi connectivity index (χ3v) is 4.67. The SMILES string of the molecule is CCCCn1c(-c2cccc(O)c2)cc(-c2ccccn2)c1-c1ccco1. The van der Waals surface area contributed by atoms with Crippen molar-refractivity contribution in [2.75, 3.05) is 0 Å². The highest BCUT2D eigenvalue weighted by Gasteiger charge is 2.21. The largest absolute Gasteiger partial charge is 0.508 e. The van der Waals surface area contributed by atoms with E-state index in [1.807, 2.05) is 42.5 Å². The molecule has 0 bridgehead atoms. The number of benzene rings is 1. The van der Waals surface area contributed by atoms with Gasteiger partial charge in [-0.3, -0.25) is 4.98 Å². The monoisotopic (exact) mass is 358 g/mol. The van der Waals surface area contributed by atoms with Crippen LogP contribution in [0.5, 0.6) is 5.75 Å². The highest BCUT2D eigenvalue weighted by molar-refractivity contribution is 5.84. The Hall–Kier alpha value is -3.27. The molecular formula is C23H22N2O2. The molecule has 1 N–H and O–H groups in total. The van der Waals surface area contributed by atoms with Crippen molar-refractivity contribution in [3.63, 3.8) is 0 Å². The van der Waals surface area contributed by atoms with Crippen LogP contribution in [0.4, 0.5) is 0 Å². The van der Waals surface area contributed by atoms with E-state index >= 15 is 0 Å². The van der Waals surface area contributed by atoms with Gasteiger partial charge in [-0.05, 0) is 48.9 Å². The first-order chi connectivity index (χ1) is 13.3. The van der Waals surface area contributed by atoms with Crippen LogP contribution in [0.25, 0.3) is 34.0 Å². The highest BCUT2D eigenvalue weighted by Crippen LogP contribution is 2.39. The predicted octanol–water partition coefficient (Wildman–Crippen LogP) is 5.98. The lowest BCUT2D eigenvalue weighted by Crippen LogP contribution is -2.02. The normalized spacial score (nSPS) is 11.0. The Kier molecular flexibility index (Phi) is 4.79. The number of phenols is 1. The van der Waals surface area contributed by atoms with Crippen LogP contribution in [-0.4, -0.2) is 14.7 Å². The summed E-state index contributed by atoms with van der Waals surface area (Å²) in [5, 5.41) is 9.98. The highest BCUT2D eigenvalue weighted by atomic mass is 16.3. The molecule has 4 rings (SSSR count). The summed E-state index contributed by atoms with van der Waals surface area (Å²) in [6.45, 7) is 3.05. The van der Waals surface area contributed by atoms with Crippen LogP contribution in [0.2, 0.25) is 0 Å². The zero-order chi connectivity index (χ0) is 18.6. The number of phenolic OH excluding ortho intramolecular Hbond substituents is 1. The Morgan fingerprint density at radius 1 is 1.04 bits per heavy atom. The third kappa shape index (κ3) is 3.38. The van der Waals surface area contributed by atoms with Crippen molar-refractivity contribution >= 4 is 0 Å². The smallest absolute Gasteiger partial charge is 0.150 e. The van der Waals surface area contributed by atoms with Crippen molar-refractivity contribution < 1.29 is 9.52 Å². The quantitative estimate of drug-likeness (QED) is 0.461. The molecule has 0 unspecified atom stereocenters. The fourth-order valence-electron chi connectivity index (χ4n) is 3.40. The maximum absolute atomic E-state index is 9.98. The van der Waals surface area contributed by atoms with E-state index in [1.54, 1.807) is 24.6 Å². The summed E-state index contributed by atoms with van der Waals surface area (Å²) >= 11 is 0. The summed E-state index contributed by atoms with van der Waals surface area (Å²) in [5.41, 5.74) is 4.97. The van der Waals surface area contributed by atoms with Crippen molar-refractivity contribution in [1.82, 2.24) is 9.55 Å². The van der Waals surface area contributed by atoms with Gasteiger partial charge in [0, 0.05) is 29.6 Å². The van der Waals surface area contributed by atoms with E-state index in [-0.39, 0.29) is 5.75 Å². The summed E-state index contributed by atoms with van der Waals surface area (Å²) in [6, 6.07) is 19.3. The molecule has 0 spiro atoms. The van der Waals surface area contributed by atoms with Crippen LogP contribution in [0.1, 0.15) is 19.8 Å². The van der Waals surface area contributed by atoms with Crippen LogP contribution < -0.4 is 0 Å². The predicted molar refractivity (Wildman–Crippen MR) is 107 cm³/mol. The number of nitrogens with zero attached hydrogens (tertiary/aromatic N) is 2. The second-order valence-corrected chi connectivity index (χ2v) is 6.54. The molecule has 3 heterocycles. The molecule has 27 heavy (non-hydrogen) atoms. The Morgan fingerprint density at radius 3 is 2.67 bits per heavy atom. The van der Waals surface area contributed by atoms with Gasteiger partial charge in [-0.15, -0.1) is 0 Å². The summed E-state index contributed by atoms with van der Waals surface area (Å²) in [7, 11) is 0. The molecule has 0 radical (unpaired) electrons. The molecule has 0 amide bonds. The Balaban J connectivity index is 1.98. The second-order valence-electron chi connectivity index (χ2n) is 6.54. The molecule has 1 aromatic carbocycles. The van der Waals surface area contributed by atoms with Crippen LogP contribution in [0, 0.1) is 0 Å². The molecule has 0 saturated carbocycles. The summed E-state index contributed by atoms with van der Waals surface area (Å²) in [4.78, 5) is 4.56. The molecular weight excluding hydrogens is 336 g/mol. The van der Waals surface area contributed by atoms with E-state index in [0.717, 1.165) is 53.4 Å². The van der Waals surface area contributed by atoms with Gasteiger partial charge < -0.3 is 14.1 Å². The van der Waals surface area contributed by atoms with E-state index < -0.39 is 0 Å². The van der Waals surface area contributed by atoms with E-state index in [9.17, 15) is 5.11 Å². The van der Waals surface area contributed by atoms with Crippen molar-refractivity contribution in [1.29, 1.82) is 0 Å². The van der Waals surface area contributed by atoms with Gasteiger partial charge in [0.1, 0.15) is 5.75 Å². The second kappa shape index (κ2) is 7.54. The first-order valence-electron chi connectivity index (χ1n) is 9.26. The number of hydrogen-bond donors (Lipinski definition) is 1. The topological polar surface area (TPSA) is 51.2 Å². The molecule has 0 aliphatic heterocycles. The van der Waals surface area contributed by atoms with Gasteiger partial charge in [0.2, 0.25) is 0 Å². The number of rotatable bonds is 6. The fraction of sp³-hybridized carbons (Fsp3) is 0.174. The minimum atomic E-state index is 0.259. The first kappa shape index (κ1) is 17.2. The van der Waals surface area contributed by atoms with Crippen molar-refractivity contribution in [2.24, 2.45) is 0 Å². The molecule has 4 aromatic rings. The van der Waals surface area contributed by atoms with Crippen molar-refractivity contribution in [3.8, 4) is 39.7 Å². The van der Waals surface area contributed by atoms with Crippen LogP contribution in [0.3, 0.4) is 0 Å². The van der Waals surface area contributed by atoms with E-state index in [0.29, 0.717) is 0 Å². The van der Waals surface area contributed by atoms with Crippen LogP contribution >= 0.6 is 0 Å². The zero-order valence-electron chi connectivity index (χ0n) is 15.3. The minimum Gasteiger partial charge on any atom is -0.508 e. The van der Waals surface area contributed by atoms with Gasteiger partial charge >= 0.3 is 0 Å². The number of aromatic hydroxyl groups is 1. The summed E-state index contributed by atoms with van der Waals surface area (Å²) in [5.74, 6) is 1.08. The van der Waals surface area contributed by atoms with Crippen molar-refractivity contribution in [3.05, 3.63) is 73.1 Å². The molecule has 0 aliphatic carbocycles. The lowest BCUT2D eigenvalue weighted by molar-refractivity contribution is 0.475. The lowest BCUT2D eigenvalue weighted by Gasteiger charge is -2.13. The van der Waals surface area contributed by atoms with Gasteiger partial charge in [0.15, 0.2) is 5.76 Å². The van der Waals surface area contributed by atoms with Gasteiger partial charge in [0.25, 0.3) is 0 Å². The molecule has 136 valence electrons. The molecule has 3 aromatic heterocycles. The Labute approximate surface area is 158 Å². The van der Waals surface area contributed by atoms with Crippen LogP contribution in [-0.2, 0) is 6.54 Å². The summed E-state index contributed by atoms with van der Waals surface area (Å²) in [6.07, 6.45) is 5.64. The van der Waals surface area contributed by atoms with E-state index in [2.05, 4.69) is 22.5 Å².